The van der Waals surface area contributed by atoms with Crippen molar-refractivity contribution in [3.8, 4) is 0 Å². The quantitative estimate of drug-likeness (QED) is 0.850. The molecule has 0 radical (unpaired) electrons. The normalized spacial score (nSPS) is 23.0. The molecule has 28 heavy (non-hydrogen) atoms. The lowest BCUT2D eigenvalue weighted by Crippen LogP contribution is -2.55. The molecule has 1 spiro atoms. The molecule has 2 aliphatic heterocycles. The SMILES string of the molecule is O=C1CCC2(CCCN(C(=O)Cn3ncc4ccccc43)C2)CN1CCCO. The van der Waals surface area contributed by atoms with Crippen LogP contribution in [0, 0.1) is 5.41 Å². The van der Waals surface area contributed by atoms with Crippen molar-refractivity contribution in [2.45, 2.75) is 38.6 Å². The van der Waals surface area contributed by atoms with Crippen LogP contribution in [0.4, 0.5) is 0 Å². The van der Waals surface area contributed by atoms with E-state index in [9.17, 15) is 9.59 Å². The number of hydrogen-bond donors (Lipinski definition) is 1. The van der Waals surface area contributed by atoms with Crippen molar-refractivity contribution < 1.29 is 14.7 Å². The average molecular weight is 384 g/mol. The molecule has 0 aliphatic carbocycles. The first-order chi connectivity index (χ1) is 13.6. The predicted molar refractivity (Wildman–Crippen MR) is 105 cm³/mol. The second-order valence-corrected chi connectivity index (χ2v) is 8.17. The Balaban J connectivity index is 1.44. The van der Waals surface area contributed by atoms with Gasteiger partial charge in [0, 0.05) is 50.0 Å². The molecule has 0 saturated carbocycles. The lowest BCUT2D eigenvalue weighted by atomic mass is 9.73. The van der Waals surface area contributed by atoms with Crippen LogP contribution in [0.5, 0.6) is 0 Å². The predicted octanol–water partition coefficient (Wildman–Crippen LogP) is 1.65. The number of carbonyl (C=O) groups excluding carboxylic acids is 2. The zero-order valence-corrected chi connectivity index (χ0v) is 16.2. The van der Waals surface area contributed by atoms with Crippen LogP contribution in [0.25, 0.3) is 10.9 Å². The van der Waals surface area contributed by atoms with Crippen molar-refractivity contribution in [3.05, 3.63) is 30.5 Å². The molecule has 150 valence electrons. The maximum absolute atomic E-state index is 13.0. The zero-order valence-electron chi connectivity index (χ0n) is 16.2. The lowest BCUT2D eigenvalue weighted by molar-refractivity contribution is -0.143. The number of likely N-dealkylation sites (tertiary alicyclic amines) is 2. The van der Waals surface area contributed by atoms with Gasteiger partial charge in [-0.15, -0.1) is 0 Å². The number of fused-ring (bicyclic) bond motifs is 1. The van der Waals surface area contributed by atoms with Crippen molar-refractivity contribution in [3.63, 3.8) is 0 Å². The molecule has 1 unspecified atom stereocenters. The number of carbonyl (C=O) groups is 2. The van der Waals surface area contributed by atoms with E-state index < -0.39 is 0 Å². The number of piperidine rings is 2. The van der Waals surface area contributed by atoms with Crippen molar-refractivity contribution in [1.82, 2.24) is 19.6 Å². The van der Waals surface area contributed by atoms with Crippen LogP contribution in [0.15, 0.2) is 30.5 Å². The fraction of sp³-hybridized carbons (Fsp3) is 0.571. The summed E-state index contributed by atoms with van der Waals surface area (Å²) in [5.74, 6) is 0.261. The number of aliphatic hydroxyl groups is 1. The first-order valence-electron chi connectivity index (χ1n) is 10.2. The number of para-hydroxylation sites is 1. The van der Waals surface area contributed by atoms with E-state index in [1.807, 2.05) is 34.1 Å². The van der Waals surface area contributed by atoms with Gasteiger partial charge in [0.15, 0.2) is 0 Å². The third-order valence-electron chi connectivity index (χ3n) is 6.18. The summed E-state index contributed by atoms with van der Waals surface area (Å²) >= 11 is 0. The van der Waals surface area contributed by atoms with Gasteiger partial charge >= 0.3 is 0 Å². The molecule has 1 N–H and O–H groups in total. The highest BCUT2D eigenvalue weighted by atomic mass is 16.3. The molecule has 4 rings (SSSR count). The first-order valence-corrected chi connectivity index (χ1v) is 10.2. The molecule has 7 nitrogen and oxygen atoms in total. The Morgan fingerprint density at radius 1 is 1.21 bits per heavy atom. The average Bonchev–Trinajstić information content (AvgIpc) is 3.12. The minimum absolute atomic E-state index is 0.0105. The zero-order chi connectivity index (χ0) is 19.6. The van der Waals surface area contributed by atoms with Crippen molar-refractivity contribution >= 4 is 22.7 Å². The highest BCUT2D eigenvalue weighted by Gasteiger charge is 2.42. The highest BCUT2D eigenvalue weighted by Crippen LogP contribution is 2.39. The van der Waals surface area contributed by atoms with Gasteiger partial charge in [0.1, 0.15) is 6.54 Å². The smallest absolute Gasteiger partial charge is 0.244 e. The van der Waals surface area contributed by atoms with Crippen molar-refractivity contribution in [1.29, 1.82) is 0 Å². The number of aliphatic hydroxyl groups excluding tert-OH is 1. The van der Waals surface area contributed by atoms with Crippen LogP contribution in [-0.2, 0) is 16.1 Å². The topological polar surface area (TPSA) is 78.7 Å². The van der Waals surface area contributed by atoms with E-state index in [2.05, 4.69) is 5.10 Å². The number of amides is 2. The van der Waals surface area contributed by atoms with Gasteiger partial charge in [0.05, 0.1) is 11.7 Å². The van der Waals surface area contributed by atoms with Crippen LogP contribution in [-0.4, -0.2) is 69.3 Å². The summed E-state index contributed by atoms with van der Waals surface area (Å²) in [6.07, 6.45) is 5.80. The van der Waals surface area contributed by atoms with Gasteiger partial charge in [-0.25, -0.2) is 0 Å². The number of nitrogens with zero attached hydrogens (tertiary/aromatic N) is 4. The molecule has 1 atom stereocenters. The van der Waals surface area contributed by atoms with Gasteiger partial charge in [-0.1, -0.05) is 18.2 Å². The van der Waals surface area contributed by atoms with E-state index in [4.69, 9.17) is 5.11 Å². The summed E-state index contributed by atoms with van der Waals surface area (Å²) in [5.41, 5.74) is 0.963. The van der Waals surface area contributed by atoms with Gasteiger partial charge in [-0.3, -0.25) is 14.3 Å². The van der Waals surface area contributed by atoms with E-state index in [0.29, 0.717) is 32.5 Å². The van der Waals surface area contributed by atoms with E-state index >= 15 is 0 Å². The van der Waals surface area contributed by atoms with Gasteiger partial charge in [-0.2, -0.15) is 5.10 Å². The molecule has 1 aromatic carbocycles. The number of rotatable bonds is 5. The highest BCUT2D eigenvalue weighted by molar-refractivity contribution is 5.82. The summed E-state index contributed by atoms with van der Waals surface area (Å²) in [7, 11) is 0. The van der Waals surface area contributed by atoms with Gasteiger partial charge in [-0.05, 0) is 31.7 Å². The Morgan fingerprint density at radius 3 is 2.93 bits per heavy atom. The Kier molecular flexibility index (Phi) is 5.35. The standard InChI is InChI=1S/C21H28N4O3/c26-12-4-11-23-15-21(9-7-19(23)27)8-3-10-24(16-21)20(28)14-25-18-6-2-1-5-17(18)13-22-25/h1-2,5-6,13,26H,3-4,7-12,14-16H2. The molecular formula is C21H28N4O3. The molecule has 3 heterocycles. The molecule has 1 aromatic heterocycles. The molecule has 2 saturated heterocycles. The summed E-state index contributed by atoms with van der Waals surface area (Å²) in [5, 5.41) is 14.5. The number of hydrogen-bond acceptors (Lipinski definition) is 4. The summed E-state index contributed by atoms with van der Waals surface area (Å²) < 4.78 is 1.77. The van der Waals surface area contributed by atoms with E-state index in [1.165, 1.54) is 0 Å². The molecule has 2 aromatic rings. The Labute approximate surface area is 164 Å². The third-order valence-corrected chi connectivity index (χ3v) is 6.18. The minimum atomic E-state index is -0.0105. The molecule has 0 bridgehead atoms. The Morgan fingerprint density at radius 2 is 2.07 bits per heavy atom. The molecule has 2 fully saturated rings. The summed E-state index contributed by atoms with van der Waals surface area (Å²) in [6.45, 7) is 3.11. The van der Waals surface area contributed by atoms with Crippen molar-refractivity contribution in [2.24, 2.45) is 5.41 Å². The van der Waals surface area contributed by atoms with Crippen LogP contribution in [0.1, 0.15) is 32.1 Å². The molecular weight excluding hydrogens is 356 g/mol. The van der Waals surface area contributed by atoms with E-state index in [0.717, 1.165) is 36.7 Å². The number of aromatic nitrogens is 2. The van der Waals surface area contributed by atoms with Crippen molar-refractivity contribution in [2.75, 3.05) is 32.8 Å². The third kappa shape index (κ3) is 3.76. The fourth-order valence-corrected chi connectivity index (χ4v) is 4.70. The lowest BCUT2D eigenvalue weighted by Gasteiger charge is -2.48. The van der Waals surface area contributed by atoms with E-state index in [1.54, 1.807) is 10.9 Å². The fourth-order valence-electron chi connectivity index (χ4n) is 4.70. The van der Waals surface area contributed by atoms with Gasteiger partial charge in [0.2, 0.25) is 11.8 Å². The minimum Gasteiger partial charge on any atom is -0.396 e. The second-order valence-electron chi connectivity index (χ2n) is 8.17. The maximum atomic E-state index is 13.0. The largest absolute Gasteiger partial charge is 0.396 e. The van der Waals surface area contributed by atoms with Crippen LogP contribution < -0.4 is 0 Å². The maximum Gasteiger partial charge on any atom is 0.244 e. The van der Waals surface area contributed by atoms with Crippen LogP contribution in [0.3, 0.4) is 0 Å². The van der Waals surface area contributed by atoms with Gasteiger partial charge in [0.25, 0.3) is 0 Å². The Hall–Kier alpha value is -2.41. The second kappa shape index (κ2) is 7.91. The van der Waals surface area contributed by atoms with Gasteiger partial charge < -0.3 is 14.9 Å². The van der Waals surface area contributed by atoms with Crippen LogP contribution in [0.2, 0.25) is 0 Å². The van der Waals surface area contributed by atoms with Crippen LogP contribution >= 0.6 is 0 Å². The molecule has 2 amide bonds. The monoisotopic (exact) mass is 384 g/mol. The van der Waals surface area contributed by atoms with E-state index in [-0.39, 0.29) is 30.4 Å². The molecule has 2 aliphatic rings. The summed E-state index contributed by atoms with van der Waals surface area (Å²) in [4.78, 5) is 29.1. The molecule has 7 heteroatoms. The number of benzene rings is 1. The first kappa shape index (κ1) is 18.9. The summed E-state index contributed by atoms with van der Waals surface area (Å²) in [6, 6.07) is 7.91. The Bertz CT molecular complexity index is 864.